The van der Waals surface area contributed by atoms with E-state index in [-0.39, 0.29) is 22.8 Å². The van der Waals surface area contributed by atoms with Gasteiger partial charge in [0.15, 0.2) is 0 Å². The van der Waals surface area contributed by atoms with Crippen LogP contribution < -0.4 is 5.32 Å². The van der Waals surface area contributed by atoms with Crippen LogP contribution in [0.3, 0.4) is 0 Å². The molecular formula is C13H18N2O4. The van der Waals surface area contributed by atoms with Crippen LogP contribution in [0.5, 0.6) is 0 Å². The van der Waals surface area contributed by atoms with E-state index in [9.17, 15) is 10.1 Å². The Morgan fingerprint density at radius 1 is 1.58 bits per heavy atom. The number of rotatable bonds is 6. The number of nitrogens with one attached hydrogen (secondary N) is 1. The number of para-hydroxylation sites is 2. The van der Waals surface area contributed by atoms with E-state index in [0.29, 0.717) is 18.9 Å². The Morgan fingerprint density at radius 3 is 3.05 bits per heavy atom. The molecule has 2 atom stereocenters. The fraction of sp³-hybridized carbons (Fsp3) is 0.538. The first kappa shape index (κ1) is 13.8. The van der Waals surface area contributed by atoms with Crippen molar-refractivity contribution in [2.45, 2.75) is 25.5 Å². The second-order valence-corrected chi connectivity index (χ2v) is 4.64. The maximum atomic E-state index is 10.9. The van der Waals surface area contributed by atoms with Gasteiger partial charge in [0.05, 0.1) is 24.2 Å². The molecule has 19 heavy (non-hydrogen) atoms. The molecule has 6 heteroatoms. The molecule has 6 nitrogen and oxygen atoms in total. The second kappa shape index (κ2) is 6.49. The molecule has 1 aliphatic rings. The second-order valence-electron chi connectivity index (χ2n) is 4.64. The van der Waals surface area contributed by atoms with E-state index < -0.39 is 0 Å². The smallest absolute Gasteiger partial charge is 0.292 e. The Bertz CT molecular complexity index is 432. The molecule has 0 amide bonds. The molecule has 0 radical (unpaired) electrons. The lowest BCUT2D eigenvalue weighted by molar-refractivity contribution is -0.384. The van der Waals surface area contributed by atoms with E-state index in [1.54, 1.807) is 18.2 Å². The number of hydrogen-bond acceptors (Lipinski definition) is 5. The predicted molar refractivity (Wildman–Crippen MR) is 71.4 cm³/mol. The van der Waals surface area contributed by atoms with Crippen molar-refractivity contribution >= 4 is 11.4 Å². The fourth-order valence-electron chi connectivity index (χ4n) is 1.99. The predicted octanol–water partition coefficient (Wildman–Crippen LogP) is 2.20. The molecule has 1 aromatic rings. The van der Waals surface area contributed by atoms with Gasteiger partial charge in [-0.25, -0.2) is 0 Å². The molecule has 0 aromatic heterocycles. The van der Waals surface area contributed by atoms with Gasteiger partial charge in [0, 0.05) is 18.7 Å². The minimum atomic E-state index is -0.388. The molecule has 2 unspecified atom stereocenters. The third-order valence-corrected chi connectivity index (χ3v) is 2.97. The number of ether oxygens (including phenoxy) is 2. The van der Waals surface area contributed by atoms with Crippen molar-refractivity contribution in [2.75, 3.05) is 25.1 Å². The highest BCUT2D eigenvalue weighted by molar-refractivity contribution is 5.61. The summed E-state index contributed by atoms with van der Waals surface area (Å²) in [6.07, 6.45) is 1.06. The molecule has 1 heterocycles. The molecule has 104 valence electrons. The van der Waals surface area contributed by atoms with Crippen molar-refractivity contribution in [3.05, 3.63) is 34.4 Å². The van der Waals surface area contributed by atoms with Gasteiger partial charge in [-0.3, -0.25) is 10.1 Å². The summed E-state index contributed by atoms with van der Waals surface area (Å²) in [6.45, 7) is 3.82. The number of nitro groups is 1. The Morgan fingerprint density at radius 2 is 2.37 bits per heavy atom. The highest BCUT2D eigenvalue weighted by Gasteiger charge is 2.18. The third kappa shape index (κ3) is 3.90. The number of nitrogens with zero attached hydrogens (tertiary/aromatic N) is 1. The maximum absolute atomic E-state index is 10.9. The lowest BCUT2D eigenvalue weighted by Gasteiger charge is -2.17. The van der Waals surface area contributed by atoms with Gasteiger partial charge in [0.2, 0.25) is 0 Å². The van der Waals surface area contributed by atoms with Crippen LogP contribution in [0.2, 0.25) is 0 Å². The number of hydrogen-bond donors (Lipinski definition) is 1. The van der Waals surface area contributed by atoms with E-state index in [2.05, 4.69) is 5.32 Å². The van der Waals surface area contributed by atoms with Crippen molar-refractivity contribution in [1.82, 2.24) is 0 Å². The van der Waals surface area contributed by atoms with Crippen LogP contribution in [-0.4, -0.2) is 36.9 Å². The largest absolute Gasteiger partial charge is 0.379 e. The van der Waals surface area contributed by atoms with E-state index in [0.717, 1.165) is 13.0 Å². The van der Waals surface area contributed by atoms with Gasteiger partial charge < -0.3 is 14.8 Å². The molecule has 2 rings (SSSR count). The zero-order valence-corrected chi connectivity index (χ0v) is 10.9. The average molecular weight is 266 g/mol. The van der Waals surface area contributed by atoms with Crippen molar-refractivity contribution in [3.8, 4) is 0 Å². The van der Waals surface area contributed by atoms with Crippen LogP contribution in [0.4, 0.5) is 11.4 Å². The third-order valence-electron chi connectivity index (χ3n) is 2.97. The Labute approximate surface area is 111 Å². The SMILES string of the molecule is CC(COC1CCOC1)Nc1ccccc1[N+](=O)[O-]. The summed E-state index contributed by atoms with van der Waals surface area (Å²) < 4.78 is 10.9. The Hall–Kier alpha value is -1.66. The summed E-state index contributed by atoms with van der Waals surface area (Å²) in [4.78, 5) is 10.5. The number of benzene rings is 1. The van der Waals surface area contributed by atoms with Crippen molar-refractivity contribution < 1.29 is 14.4 Å². The summed E-state index contributed by atoms with van der Waals surface area (Å²) in [5, 5.41) is 14.0. The number of nitro benzene ring substituents is 1. The van der Waals surface area contributed by atoms with Crippen molar-refractivity contribution in [2.24, 2.45) is 0 Å². The molecule has 0 saturated carbocycles. The highest BCUT2D eigenvalue weighted by Crippen LogP contribution is 2.24. The normalized spacial score (nSPS) is 20.2. The Balaban J connectivity index is 1.87. The van der Waals surface area contributed by atoms with Crippen LogP contribution in [0.1, 0.15) is 13.3 Å². The van der Waals surface area contributed by atoms with Gasteiger partial charge >= 0.3 is 0 Å². The molecule has 0 bridgehead atoms. The molecule has 1 aliphatic heterocycles. The average Bonchev–Trinajstić information content (AvgIpc) is 2.90. The monoisotopic (exact) mass is 266 g/mol. The molecule has 0 aliphatic carbocycles. The zero-order valence-electron chi connectivity index (χ0n) is 10.9. The van der Waals surface area contributed by atoms with Gasteiger partial charge in [0.25, 0.3) is 5.69 Å². The minimum Gasteiger partial charge on any atom is -0.379 e. The number of anilines is 1. The zero-order chi connectivity index (χ0) is 13.7. The van der Waals surface area contributed by atoms with E-state index in [1.807, 2.05) is 6.92 Å². The van der Waals surface area contributed by atoms with Crippen molar-refractivity contribution in [3.63, 3.8) is 0 Å². The van der Waals surface area contributed by atoms with Crippen LogP contribution in [0.25, 0.3) is 0 Å². The molecule has 1 aromatic carbocycles. The lowest BCUT2D eigenvalue weighted by atomic mass is 10.2. The van der Waals surface area contributed by atoms with Crippen molar-refractivity contribution in [1.29, 1.82) is 0 Å². The Kier molecular flexibility index (Phi) is 4.70. The van der Waals surface area contributed by atoms with Crippen LogP contribution >= 0.6 is 0 Å². The summed E-state index contributed by atoms with van der Waals surface area (Å²) in [6, 6.07) is 6.61. The van der Waals surface area contributed by atoms with E-state index in [1.165, 1.54) is 6.07 Å². The minimum absolute atomic E-state index is 0.00157. The van der Waals surface area contributed by atoms with E-state index in [4.69, 9.17) is 9.47 Å². The van der Waals surface area contributed by atoms with Crippen LogP contribution in [-0.2, 0) is 9.47 Å². The fourth-order valence-corrected chi connectivity index (χ4v) is 1.99. The molecule has 1 N–H and O–H groups in total. The first-order chi connectivity index (χ1) is 9.16. The lowest BCUT2D eigenvalue weighted by Crippen LogP contribution is -2.26. The van der Waals surface area contributed by atoms with Gasteiger partial charge in [0.1, 0.15) is 5.69 Å². The van der Waals surface area contributed by atoms with E-state index >= 15 is 0 Å². The maximum Gasteiger partial charge on any atom is 0.292 e. The quantitative estimate of drug-likeness (QED) is 0.631. The molecule has 1 saturated heterocycles. The summed E-state index contributed by atoms with van der Waals surface area (Å²) in [5.74, 6) is 0. The first-order valence-electron chi connectivity index (χ1n) is 6.36. The highest BCUT2D eigenvalue weighted by atomic mass is 16.6. The molecular weight excluding hydrogens is 248 g/mol. The van der Waals surface area contributed by atoms with Gasteiger partial charge in [-0.15, -0.1) is 0 Å². The summed E-state index contributed by atoms with van der Waals surface area (Å²) in [7, 11) is 0. The van der Waals surface area contributed by atoms with Gasteiger partial charge in [-0.2, -0.15) is 0 Å². The topological polar surface area (TPSA) is 73.6 Å². The standard InChI is InChI=1S/C13H18N2O4/c1-10(8-19-11-6-7-18-9-11)14-12-4-2-3-5-13(12)15(16)17/h2-5,10-11,14H,6-9H2,1H3. The van der Waals surface area contributed by atoms with Gasteiger partial charge in [-0.05, 0) is 19.4 Å². The van der Waals surface area contributed by atoms with Crippen LogP contribution in [0, 0.1) is 10.1 Å². The summed E-state index contributed by atoms with van der Waals surface area (Å²) >= 11 is 0. The van der Waals surface area contributed by atoms with Crippen LogP contribution in [0.15, 0.2) is 24.3 Å². The molecule has 1 fully saturated rings. The summed E-state index contributed by atoms with van der Waals surface area (Å²) in [5.41, 5.74) is 0.602. The molecule has 0 spiro atoms. The first-order valence-corrected chi connectivity index (χ1v) is 6.36. The van der Waals surface area contributed by atoms with Gasteiger partial charge in [-0.1, -0.05) is 12.1 Å².